The fourth-order valence-corrected chi connectivity index (χ4v) is 4.99. The molecule has 0 fully saturated rings. The van der Waals surface area contributed by atoms with E-state index in [0.29, 0.717) is 35.9 Å². The number of rotatable bonds is 4. The van der Waals surface area contributed by atoms with Crippen molar-refractivity contribution in [3.63, 3.8) is 0 Å². The lowest BCUT2D eigenvalue weighted by atomic mass is 9.88. The predicted octanol–water partition coefficient (Wildman–Crippen LogP) is 5.89. The van der Waals surface area contributed by atoms with Gasteiger partial charge in [-0.1, -0.05) is 26.8 Å². The number of carbonyl (C=O) groups excluding carboxylic acids is 1. The molecule has 1 aliphatic heterocycles. The number of fused-ring (bicyclic) bond motifs is 2. The Morgan fingerprint density at radius 1 is 1.02 bits per heavy atom. The average molecular weight is 558 g/mol. The highest BCUT2D eigenvalue weighted by atomic mass is 16.6. The first-order valence-corrected chi connectivity index (χ1v) is 14.1. The van der Waals surface area contributed by atoms with Crippen molar-refractivity contribution in [2.75, 3.05) is 11.9 Å². The maximum absolute atomic E-state index is 13.4. The van der Waals surface area contributed by atoms with Gasteiger partial charge in [0.15, 0.2) is 11.5 Å². The zero-order valence-corrected chi connectivity index (χ0v) is 25.1. The fraction of sp³-hybridized carbons (Fsp3) is 0.452. The van der Waals surface area contributed by atoms with E-state index >= 15 is 0 Å². The molecule has 0 unspecified atom stereocenters. The molecule has 0 bridgehead atoms. The summed E-state index contributed by atoms with van der Waals surface area (Å²) in [4.78, 5) is 41.7. The van der Waals surface area contributed by atoms with Crippen LogP contribution in [0.3, 0.4) is 0 Å². The molecule has 0 saturated heterocycles. The van der Waals surface area contributed by atoms with Crippen LogP contribution in [0.1, 0.15) is 78.1 Å². The largest absolute Gasteiger partial charge is 0.444 e. The van der Waals surface area contributed by atoms with Crippen LogP contribution in [0.25, 0.3) is 16.9 Å². The Balaban J connectivity index is 1.50. The van der Waals surface area contributed by atoms with Crippen molar-refractivity contribution in [3.05, 3.63) is 69.8 Å². The Labute approximate surface area is 240 Å². The summed E-state index contributed by atoms with van der Waals surface area (Å²) in [6, 6.07) is 9.94. The topological polar surface area (TPSA) is 107 Å². The molecule has 0 saturated carbocycles. The van der Waals surface area contributed by atoms with Crippen molar-refractivity contribution in [2.45, 2.75) is 85.4 Å². The number of benzene rings is 1. The van der Waals surface area contributed by atoms with Gasteiger partial charge in [-0.2, -0.15) is 4.98 Å². The van der Waals surface area contributed by atoms with Crippen molar-refractivity contribution < 1.29 is 9.53 Å². The lowest BCUT2D eigenvalue weighted by Gasteiger charge is -2.31. The summed E-state index contributed by atoms with van der Waals surface area (Å²) in [5.41, 5.74) is 3.81. The van der Waals surface area contributed by atoms with Crippen LogP contribution in [-0.4, -0.2) is 47.5 Å². The van der Waals surface area contributed by atoms with E-state index < -0.39 is 5.60 Å². The molecular formula is C31H39N7O3. The number of nitrogens with zero attached hydrogens (tertiary/aromatic N) is 6. The normalized spacial score (nSPS) is 13.9. The molecule has 0 atom stereocenters. The quantitative estimate of drug-likeness (QED) is 0.333. The van der Waals surface area contributed by atoms with Gasteiger partial charge in [0.1, 0.15) is 11.0 Å². The van der Waals surface area contributed by atoms with E-state index in [1.165, 1.54) is 5.56 Å². The van der Waals surface area contributed by atoms with Crippen molar-refractivity contribution in [3.8, 4) is 5.82 Å². The van der Waals surface area contributed by atoms with Crippen molar-refractivity contribution >= 4 is 28.8 Å². The summed E-state index contributed by atoms with van der Waals surface area (Å²) in [6.45, 7) is 17.0. The smallest absolute Gasteiger partial charge is 0.410 e. The van der Waals surface area contributed by atoms with Crippen LogP contribution in [0.15, 0.2) is 47.5 Å². The minimum Gasteiger partial charge on any atom is -0.444 e. The summed E-state index contributed by atoms with van der Waals surface area (Å²) < 4.78 is 9.03. The molecule has 0 radical (unpaired) electrons. The number of nitrogens with one attached hydrogen (secondary N) is 1. The Morgan fingerprint density at radius 3 is 2.46 bits per heavy atom. The van der Waals surface area contributed by atoms with E-state index in [-0.39, 0.29) is 23.1 Å². The van der Waals surface area contributed by atoms with E-state index in [2.05, 4.69) is 42.1 Å². The summed E-state index contributed by atoms with van der Waals surface area (Å²) in [5, 5.41) is 3.72. The van der Waals surface area contributed by atoms with E-state index in [1.54, 1.807) is 26.7 Å². The predicted molar refractivity (Wildman–Crippen MR) is 160 cm³/mol. The van der Waals surface area contributed by atoms with Crippen molar-refractivity contribution in [1.82, 2.24) is 29.2 Å². The first kappa shape index (κ1) is 28.3. The number of anilines is 2. The first-order chi connectivity index (χ1) is 19.2. The van der Waals surface area contributed by atoms with Crippen LogP contribution in [0, 0.1) is 0 Å². The monoisotopic (exact) mass is 557 g/mol. The second-order valence-corrected chi connectivity index (χ2v) is 12.9. The molecule has 0 aliphatic carbocycles. The van der Waals surface area contributed by atoms with Crippen LogP contribution < -0.4 is 10.9 Å². The highest BCUT2D eigenvalue weighted by Crippen LogP contribution is 2.27. The van der Waals surface area contributed by atoms with Crippen molar-refractivity contribution in [2.24, 2.45) is 0 Å². The fourth-order valence-electron chi connectivity index (χ4n) is 4.99. The zero-order chi connectivity index (χ0) is 29.7. The summed E-state index contributed by atoms with van der Waals surface area (Å²) in [7, 11) is 0. The molecule has 1 aromatic carbocycles. The molecule has 4 heterocycles. The molecule has 1 amide bonds. The lowest BCUT2D eigenvalue weighted by Crippen LogP contribution is -2.39. The van der Waals surface area contributed by atoms with E-state index in [1.807, 2.05) is 58.9 Å². The molecule has 1 aliphatic rings. The molecule has 10 heteroatoms. The van der Waals surface area contributed by atoms with E-state index in [0.717, 1.165) is 23.2 Å². The maximum Gasteiger partial charge on any atom is 0.410 e. The maximum atomic E-state index is 13.4. The molecule has 0 spiro atoms. The van der Waals surface area contributed by atoms with Crippen molar-refractivity contribution in [1.29, 1.82) is 0 Å². The third-order valence-electron chi connectivity index (χ3n) is 7.07. The van der Waals surface area contributed by atoms with Gasteiger partial charge in [-0.15, -0.1) is 0 Å². The second-order valence-electron chi connectivity index (χ2n) is 12.9. The zero-order valence-electron chi connectivity index (χ0n) is 25.1. The Bertz CT molecular complexity index is 1670. The van der Waals surface area contributed by atoms with Gasteiger partial charge >= 0.3 is 6.09 Å². The average Bonchev–Trinajstić information content (AvgIpc) is 3.18. The van der Waals surface area contributed by atoms with Gasteiger partial charge in [-0.3, -0.25) is 4.79 Å². The Hall–Kier alpha value is -4.21. The van der Waals surface area contributed by atoms with Gasteiger partial charge in [-0.05, 0) is 87.4 Å². The summed E-state index contributed by atoms with van der Waals surface area (Å²) in [6.07, 6.45) is 3.78. The highest BCUT2D eigenvalue weighted by molar-refractivity contribution is 5.77. The molecule has 216 valence electrons. The van der Waals surface area contributed by atoms with Gasteiger partial charge in [0.25, 0.3) is 5.56 Å². The highest BCUT2D eigenvalue weighted by Gasteiger charge is 2.26. The standard InChI is InChI=1S/C31H39N7O3/c1-19(2)37-27(39)24-17-33-28(35-26(24)38(37)25-16-22(11-13-32-25)30(3,4)5)34-23-10-9-20-12-14-36(18-21(20)15-23)29(40)41-31(6,7)8/h9-11,13,15-17,19H,12,14,18H2,1-8H3,(H,33,34,35). The number of pyridine rings is 1. The molecule has 4 aromatic rings. The van der Waals surface area contributed by atoms with Gasteiger partial charge < -0.3 is 15.0 Å². The Morgan fingerprint density at radius 2 is 1.78 bits per heavy atom. The minimum absolute atomic E-state index is 0.0865. The number of ether oxygens (including phenoxy) is 1. The first-order valence-electron chi connectivity index (χ1n) is 14.1. The lowest BCUT2D eigenvalue weighted by molar-refractivity contribution is 0.0224. The van der Waals surface area contributed by atoms with Gasteiger partial charge in [0, 0.05) is 37.2 Å². The number of carbonyl (C=O) groups is 1. The SMILES string of the molecule is CC(C)n1c(=O)c2cnc(Nc3ccc4c(c3)CN(C(=O)OC(C)(C)C)CC4)nc2n1-c1cc(C(C)(C)C)ccn1. The van der Waals surface area contributed by atoms with Crippen LogP contribution >= 0.6 is 0 Å². The summed E-state index contributed by atoms with van der Waals surface area (Å²) in [5.74, 6) is 0.984. The molecular weight excluding hydrogens is 518 g/mol. The number of amides is 1. The van der Waals surface area contributed by atoms with Gasteiger partial charge in [0.05, 0.1) is 0 Å². The molecule has 5 rings (SSSR count). The van der Waals surface area contributed by atoms with Gasteiger partial charge in [0.2, 0.25) is 5.95 Å². The molecule has 10 nitrogen and oxygen atoms in total. The summed E-state index contributed by atoms with van der Waals surface area (Å²) >= 11 is 0. The van der Waals surface area contributed by atoms with E-state index in [9.17, 15) is 9.59 Å². The number of aromatic nitrogens is 5. The minimum atomic E-state index is -0.546. The number of hydrogen-bond donors (Lipinski definition) is 1. The number of hydrogen-bond acceptors (Lipinski definition) is 7. The van der Waals surface area contributed by atoms with Crippen LogP contribution in [0.4, 0.5) is 16.4 Å². The Kier molecular flexibility index (Phi) is 7.13. The van der Waals surface area contributed by atoms with Crippen LogP contribution in [0.5, 0.6) is 0 Å². The van der Waals surface area contributed by atoms with Crippen LogP contribution in [0.2, 0.25) is 0 Å². The van der Waals surface area contributed by atoms with E-state index in [4.69, 9.17) is 9.72 Å². The molecule has 41 heavy (non-hydrogen) atoms. The van der Waals surface area contributed by atoms with Crippen LogP contribution in [-0.2, 0) is 23.1 Å². The van der Waals surface area contributed by atoms with Gasteiger partial charge in [-0.25, -0.2) is 24.1 Å². The third-order valence-corrected chi connectivity index (χ3v) is 7.07. The molecule has 3 aromatic heterocycles. The second kappa shape index (κ2) is 10.3. The third kappa shape index (κ3) is 5.82. The molecule has 1 N–H and O–H groups in total.